The van der Waals surface area contributed by atoms with Gasteiger partial charge in [0.2, 0.25) is 11.8 Å². The molecule has 38 heavy (non-hydrogen) atoms. The second kappa shape index (κ2) is 26.0. The smallest absolute Gasteiger partial charge is 0.306 e. The first kappa shape index (κ1) is 36.8. The van der Waals surface area contributed by atoms with Gasteiger partial charge in [0.05, 0.1) is 45.0 Å². The number of nitrogens with one attached hydrogen (secondary N) is 2. The summed E-state index contributed by atoms with van der Waals surface area (Å²) in [7, 11) is 0. The standard InChI is InChI=1S/C28H53BrN2O7/c1-28(2,3)38-27(34)15-13-11-9-7-5-4-6-8-10-12-14-25(32)30-16-18-35-20-22-37-23-21-36-19-17-31-26(33)24-29/h4-24H2,1-3H3,(H,30,32)(H,31,33). The summed E-state index contributed by atoms with van der Waals surface area (Å²) in [5.41, 5.74) is -0.388. The van der Waals surface area contributed by atoms with E-state index in [4.69, 9.17) is 18.9 Å². The molecule has 0 aliphatic heterocycles. The number of carbonyl (C=O) groups is 3. The highest BCUT2D eigenvalue weighted by Gasteiger charge is 2.15. The average Bonchev–Trinajstić information content (AvgIpc) is 2.86. The Morgan fingerprint density at radius 1 is 0.579 bits per heavy atom. The average molecular weight is 610 g/mol. The SMILES string of the molecule is CC(C)(C)OC(=O)CCCCCCCCCCCCC(=O)NCCOCCOCCOCCNC(=O)CBr. The molecule has 0 atom stereocenters. The van der Waals surface area contributed by atoms with E-state index >= 15 is 0 Å². The van der Waals surface area contributed by atoms with Gasteiger partial charge in [0.15, 0.2) is 0 Å². The Labute approximate surface area is 238 Å². The first-order valence-electron chi connectivity index (χ1n) is 14.3. The molecule has 0 heterocycles. The van der Waals surface area contributed by atoms with E-state index in [1.54, 1.807) is 0 Å². The van der Waals surface area contributed by atoms with Crippen LogP contribution in [0.4, 0.5) is 0 Å². The van der Waals surface area contributed by atoms with Crippen molar-refractivity contribution in [1.29, 1.82) is 0 Å². The van der Waals surface area contributed by atoms with E-state index < -0.39 is 0 Å². The van der Waals surface area contributed by atoms with Gasteiger partial charge in [-0.25, -0.2) is 0 Å². The summed E-state index contributed by atoms with van der Waals surface area (Å²) in [5, 5.41) is 5.88. The Morgan fingerprint density at radius 2 is 0.974 bits per heavy atom. The molecule has 0 radical (unpaired) electrons. The number of carbonyl (C=O) groups excluding carboxylic acids is 3. The van der Waals surface area contributed by atoms with Crippen LogP contribution >= 0.6 is 15.9 Å². The third-order valence-corrected chi connectivity index (χ3v) is 5.97. The van der Waals surface area contributed by atoms with Crippen LogP contribution in [0.15, 0.2) is 0 Å². The molecule has 0 aromatic heterocycles. The van der Waals surface area contributed by atoms with Crippen molar-refractivity contribution in [2.24, 2.45) is 0 Å². The minimum atomic E-state index is -0.388. The fraction of sp³-hybridized carbons (Fsp3) is 0.893. The maximum atomic E-state index is 11.9. The van der Waals surface area contributed by atoms with E-state index in [0.717, 1.165) is 25.7 Å². The Balaban J connectivity index is 3.25. The quantitative estimate of drug-likeness (QED) is 0.0832. The van der Waals surface area contributed by atoms with Crippen molar-refractivity contribution in [3.8, 4) is 0 Å². The number of rotatable bonds is 26. The number of hydrogen-bond donors (Lipinski definition) is 2. The molecule has 0 aromatic carbocycles. The van der Waals surface area contributed by atoms with Gasteiger partial charge in [-0.2, -0.15) is 0 Å². The second-order valence-corrected chi connectivity index (χ2v) is 10.9. The molecule has 2 N–H and O–H groups in total. The largest absolute Gasteiger partial charge is 0.460 e. The van der Waals surface area contributed by atoms with Crippen LogP contribution in [0.2, 0.25) is 0 Å². The molecular formula is C28H53BrN2O7. The molecule has 0 bridgehead atoms. The van der Waals surface area contributed by atoms with Crippen LogP contribution in [-0.4, -0.2) is 81.4 Å². The molecule has 0 aromatic rings. The monoisotopic (exact) mass is 608 g/mol. The van der Waals surface area contributed by atoms with Crippen LogP contribution < -0.4 is 10.6 Å². The van der Waals surface area contributed by atoms with Crippen LogP contribution in [0.5, 0.6) is 0 Å². The normalized spacial score (nSPS) is 11.4. The minimum absolute atomic E-state index is 0.0575. The van der Waals surface area contributed by atoms with Crippen LogP contribution in [0.3, 0.4) is 0 Å². The highest BCUT2D eigenvalue weighted by molar-refractivity contribution is 9.09. The summed E-state index contributed by atoms with van der Waals surface area (Å²) in [5.74, 6) is -0.0652. The van der Waals surface area contributed by atoms with Gasteiger partial charge >= 0.3 is 5.97 Å². The van der Waals surface area contributed by atoms with E-state index in [1.807, 2.05) is 20.8 Å². The summed E-state index contributed by atoms with van der Waals surface area (Å²) < 4.78 is 21.5. The number of amides is 2. The third-order valence-electron chi connectivity index (χ3n) is 5.46. The molecule has 0 aliphatic rings. The van der Waals surface area contributed by atoms with Crippen LogP contribution in [0, 0.1) is 0 Å². The lowest BCUT2D eigenvalue weighted by molar-refractivity contribution is -0.155. The summed E-state index contributed by atoms with van der Waals surface area (Å²) in [6.45, 7) is 9.53. The van der Waals surface area contributed by atoms with Gasteiger partial charge in [-0.15, -0.1) is 0 Å². The number of unbranched alkanes of at least 4 members (excludes halogenated alkanes) is 9. The molecule has 224 valence electrons. The first-order valence-corrected chi connectivity index (χ1v) is 15.4. The number of hydrogen-bond acceptors (Lipinski definition) is 7. The Kier molecular flexibility index (Phi) is 25.2. The van der Waals surface area contributed by atoms with E-state index in [1.165, 1.54) is 38.5 Å². The van der Waals surface area contributed by atoms with Crippen molar-refractivity contribution in [3.63, 3.8) is 0 Å². The van der Waals surface area contributed by atoms with Crippen molar-refractivity contribution in [3.05, 3.63) is 0 Å². The van der Waals surface area contributed by atoms with Gasteiger partial charge in [-0.3, -0.25) is 14.4 Å². The third kappa shape index (κ3) is 29.3. The lowest BCUT2D eigenvalue weighted by Crippen LogP contribution is -2.28. The van der Waals surface area contributed by atoms with Gasteiger partial charge in [0, 0.05) is 25.9 Å². The van der Waals surface area contributed by atoms with Crippen LogP contribution in [0.1, 0.15) is 97.8 Å². The number of ether oxygens (including phenoxy) is 4. The van der Waals surface area contributed by atoms with E-state index in [9.17, 15) is 14.4 Å². The lowest BCUT2D eigenvalue weighted by Gasteiger charge is -2.19. The van der Waals surface area contributed by atoms with Gasteiger partial charge in [-0.1, -0.05) is 67.3 Å². The van der Waals surface area contributed by atoms with Crippen LogP contribution in [0.25, 0.3) is 0 Å². The number of halogens is 1. The van der Waals surface area contributed by atoms with E-state index in [-0.39, 0.29) is 23.4 Å². The maximum Gasteiger partial charge on any atom is 0.306 e. The van der Waals surface area contributed by atoms with Gasteiger partial charge in [-0.05, 0) is 33.6 Å². The zero-order valence-electron chi connectivity index (χ0n) is 24.1. The topological polar surface area (TPSA) is 112 Å². The zero-order valence-corrected chi connectivity index (χ0v) is 25.7. The predicted molar refractivity (Wildman–Crippen MR) is 154 cm³/mol. The Hall–Kier alpha value is -1.23. The van der Waals surface area contributed by atoms with Gasteiger partial charge < -0.3 is 29.6 Å². The molecule has 0 saturated carbocycles. The fourth-order valence-corrected chi connectivity index (χ4v) is 3.76. The molecule has 9 nitrogen and oxygen atoms in total. The molecule has 0 fully saturated rings. The minimum Gasteiger partial charge on any atom is -0.460 e. The van der Waals surface area contributed by atoms with Crippen molar-refractivity contribution in [1.82, 2.24) is 10.6 Å². The number of alkyl halides is 1. The summed E-state index contributed by atoms with van der Waals surface area (Å²) in [6.07, 6.45) is 12.4. The molecule has 0 aliphatic carbocycles. The molecule has 0 rings (SSSR count). The second-order valence-electron chi connectivity index (χ2n) is 10.3. The highest BCUT2D eigenvalue weighted by atomic mass is 79.9. The summed E-state index contributed by atoms with van der Waals surface area (Å²) in [4.78, 5) is 34.6. The zero-order chi connectivity index (χ0) is 28.3. The molecule has 0 saturated heterocycles. The fourth-order valence-electron chi connectivity index (χ4n) is 3.56. The van der Waals surface area contributed by atoms with Crippen molar-refractivity contribution in [2.75, 3.05) is 58.1 Å². The summed E-state index contributed by atoms with van der Waals surface area (Å²) in [6, 6.07) is 0. The van der Waals surface area contributed by atoms with Crippen molar-refractivity contribution in [2.45, 2.75) is 103 Å². The Bertz CT molecular complexity index is 600. The van der Waals surface area contributed by atoms with Crippen molar-refractivity contribution >= 4 is 33.7 Å². The molecule has 2 amide bonds. The highest BCUT2D eigenvalue weighted by Crippen LogP contribution is 2.14. The molecular weight excluding hydrogens is 556 g/mol. The lowest BCUT2D eigenvalue weighted by atomic mass is 10.0. The Morgan fingerprint density at radius 3 is 1.42 bits per heavy atom. The number of esters is 1. The molecule has 10 heteroatoms. The van der Waals surface area contributed by atoms with Gasteiger partial charge in [0.25, 0.3) is 0 Å². The van der Waals surface area contributed by atoms with Crippen LogP contribution in [-0.2, 0) is 33.3 Å². The molecule has 0 spiro atoms. The first-order chi connectivity index (χ1) is 18.2. The summed E-state index contributed by atoms with van der Waals surface area (Å²) >= 11 is 3.08. The van der Waals surface area contributed by atoms with Crippen molar-refractivity contribution < 1.29 is 33.3 Å². The molecule has 0 unspecified atom stereocenters. The van der Waals surface area contributed by atoms with E-state index in [0.29, 0.717) is 70.9 Å². The maximum absolute atomic E-state index is 11.9. The van der Waals surface area contributed by atoms with Gasteiger partial charge in [0.1, 0.15) is 5.60 Å². The van der Waals surface area contributed by atoms with E-state index in [2.05, 4.69) is 26.6 Å². The predicted octanol–water partition coefficient (Wildman–Crippen LogP) is 4.69.